The van der Waals surface area contributed by atoms with Gasteiger partial charge in [-0.25, -0.2) is 0 Å². The number of nitrogens with one attached hydrogen (secondary N) is 1. The number of hydrogen-bond acceptors (Lipinski definition) is 2. The van der Waals surface area contributed by atoms with Gasteiger partial charge in [-0.1, -0.05) is 36.7 Å². The smallest absolute Gasteiger partial charge is 0.0456 e. The predicted molar refractivity (Wildman–Crippen MR) is 85.4 cm³/mol. The van der Waals surface area contributed by atoms with Crippen molar-refractivity contribution in [3.8, 4) is 0 Å². The molecule has 0 saturated carbocycles. The maximum atomic E-state index is 6.27. The molecule has 1 N–H and O–H groups in total. The third-order valence-corrected chi connectivity index (χ3v) is 5.00. The van der Waals surface area contributed by atoms with E-state index in [0.29, 0.717) is 6.04 Å². The third-order valence-electron chi connectivity index (χ3n) is 3.36. The first kappa shape index (κ1) is 14.6. The molecule has 0 radical (unpaired) electrons. The first-order valence-electron chi connectivity index (χ1n) is 6.65. The molecule has 0 aliphatic heterocycles. The maximum absolute atomic E-state index is 6.27. The molecule has 0 amide bonds. The molecular weight excluding hydrogens is 274 g/mol. The van der Waals surface area contributed by atoms with Gasteiger partial charge in [0.15, 0.2) is 0 Å². The van der Waals surface area contributed by atoms with E-state index in [4.69, 9.17) is 11.6 Å². The van der Waals surface area contributed by atoms with Crippen LogP contribution in [0.15, 0.2) is 30.3 Å². The molecule has 1 aromatic heterocycles. The summed E-state index contributed by atoms with van der Waals surface area (Å²) in [5, 5.41) is 4.42. The second-order valence-electron chi connectivity index (χ2n) is 4.79. The molecule has 0 fully saturated rings. The van der Waals surface area contributed by atoms with Crippen LogP contribution in [0.5, 0.6) is 0 Å². The zero-order chi connectivity index (χ0) is 13.8. The van der Waals surface area contributed by atoms with Gasteiger partial charge in [-0.15, -0.1) is 11.3 Å². The van der Waals surface area contributed by atoms with Gasteiger partial charge in [0.2, 0.25) is 0 Å². The summed E-state index contributed by atoms with van der Waals surface area (Å²) in [6, 6.07) is 10.7. The van der Waals surface area contributed by atoms with Crippen LogP contribution in [0.25, 0.3) is 0 Å². The molecule has 0 aliphatic carbocycles. The minimum Gasteiger partial charge on any atom is -0.309 e. The van der Waals surface area contributed by atoms with Gasteiger partial charge in [-0.05, 0) is 50.1 Å². The van der Waals surface area contributed by atoms with Crippen molar-refractivity contribution in [3.05, 3.63) is 56.2 Å². The normalized spacial score (nSPS) is 12.6. The van der Waals surface area contributed by atoms with Crippen LogP contribution in [0.2, 0.25) is 5.02 Å². The van der Waals surface area contributed by atoms with E-state index in [1.807, 2.05) is 23.5 Å². The van der Waals surface area contributed by atoms with Crippen LogP contribution in [0.4, 0.5) is 0 Å². The quantitative estimate of drug-likeness (QED) is 0.826. The Morgan fingerprint density at radius 2 is 2.00 bits per heavy atom. The Hall–Kier alpha value is -0.830. The number of rotatable bonds is 5. The van der Waals surface area contributed by atoms with E-state index in [1.165, 1.54) is 20.9 Å². The van der Waals surface area contributed by atoms with E-state index < -0.39 is 0 Å². The zero-order valence-corrected chi connectivity index (χ0v) is 13.2. The molecule has 0 spiro atoms. The summed E-state index contributed by atoms with van der Waals surface area (Å²) in [4.78, 5) is 2.80. The maximum Gasteiger partial charge on any atom is 0.0456 e. The van der Waals surface area contributed by atoms with Gasteiger partial charge < -0.3 is 5.32 Å². The van der Waals surface area contributed by atoms with Crippen LogP contribution < -0.4 is 5.32 Å². The second kappa shape index (κ2) is 6.56. The largest absolute Gasteiger partial charge is 0.309 e. The Balaban J connectivity index is 2.23. The van der Waals surface area contributed by atoms with Gasteiger partial charge >= 0.3 is 0 Å². The van der Waals surface area contributed by atoms with Crippen LogP contribution in [0.3, 0.4) is 0 Å². The van der Waals surface area contributed by atoms with Gasteiger partial charge in [0.1, 0.15) is 0 Å². The molecule has 0 aliphatic rings. The van der Waals surface area contributed by atoms with Crippen molar-refractivity contribution in [3.63, 3.8) is 0 Å². The zero-order valence-electron chi connectivity index (χ0n) is 11.7. The lowest BCUT2D eigenvalue weighted by Crippen LogP contribution is -2.22. The number of hydrogen-bond donors (Lipinski definition) is 1. The highest BCUT2D eigenvalue weighted by Gasteiger charge is 2.15. The van der Waals surface area contributed by atoms with Crippen LogP contribution in [0, 0.1) is 13.8 Å². The minimum atomic E-state index is 0.349. The van der Waals surface area contributed by atoms with Crippen LogP contribution in [-0.2, 0) is 6.42 Å². The van der Waals surface area contributed by atoms with Crippen molar-refractivity contribution in [1.29, 1.82) is 0 Å². The highest BCUT2D eigenvalue weighted by Crippen LogP contribution is 2.30. The van der Waals surface area contributed by atoms with E-state index in [-0.39, 0.29) is 0 Å². The molecule has 19 heavy (non-hydrogen) atoms. The summed E-state index contributed by atoms with van der Waals surface area (Å²) < 4.78 is 0. The Labute approximate surface area is 124 Å². The lowest BCUT2D eigenvalue weighted by Gasteiger charge is -2.17. The summed E-state index contributed by atoms with van der Waals surface area (Å²) in [5.74, 6) is 0. The topological polar surface area (TPSA) is 12.0 Å². The Bertz CT molecular complexity index is 528. The van der Waals surface area contributed by atoms with E-state index >= 15 is 0 Å². The summed E-state index contributed by atoms with van der Waals surface area (Å²) in [5.41, 5.74) is 2.58. The summed E-state index contributed by atoms with van der Waals surface area (Å²) in [6.07, 6.45) is 0.937. The summed E-state index contributed by atoms with van der Waals surface area (Å²) in [7, 11) is 0. The average molecular weight is 294 g/mol. The molecule has 2 aromatic rings. The standard InChI is InChI=1S/C16H20ClNS/c1-4-18-15(16-9-11(2)12(3)19-16)10-13-7-5-6-8-14(13)17/h5-9,15,18H,4,10H2,1-3H3. The number of halogens is 1. The fourth-order valence-electron chi connectivity index (χ4n) is 2.18. The molecule has 0 saturated heterocycles. The SMILES string of the molecule is CCNC(Cc1ccccc1Cl)c1cc(C)c(C)s1. The highest BCUT2D eigenvalue weighted by molar-refractivity contribution is 7.12. The molecule has 1 heterocycles. The Kier molecular flexibility index (Phi) is 5.03. The lowest BCUT2D eigenvalue weighted by molar-refractivity contribution is 0.558. The van der Waals surface area contributed by atoms with Gasteiger partial charge in [0.25, 0.3) is 0 Å². The molecule has 0 bridgehead atoms. The molecule has 102 valence electrons. The van der Waals surface area contributed by atoms with Crippen LogP contribution >= 0.6 is 22.9 Å². The van der Waals surface area contributed by atoms with E-state index in [0.717, 1.165) is 18.0 Å². The Morgan fingerprint density at radius 1 is 1.26 bits per heavy atom. The second-order valence-corrected chi connectivity index (χ2v) is 6.49. The molecule has 1 aromatic carbocycles. The molecule has 1 nitrogen and oxygen atoms in total. The van der Waals surface area contributed by atoms with Crippen molar-refractivity contribution < 1.29 is 0 Å². The third kappa shape index (κ3) is 3.59. The van der Waals surface area contributed by atoms with Gasteiger partial charge in [-0.2, -0.15) is 0 Å². The molecule has 2 rings (SSSR count). The van der Waals surface area contributed by atoms with Gasteiger partial charge in [0.05, 0.1) is 0 Å². The van der Waals surface area contributed by atoms with Crippen molar-refractivity contribution in [2.24, 2.45) is 0 Å². The van der Waals surface area contributed by atoms with E-state index in [9.17, 15) is 0 Å². The number of benzene rings is 1. The summed E-state index contributed by atoms with van der Waals surface area (Å²) in [6.45, 7) is 7.47. The number of likely N-dealkylation sites (N-methyl/N-ethyl adjacent to an activating group) is 1. The van der Waals surface area contributed by atoms with Crippen molar-refractivity contribution in [1.82, 2.24) is 5.32 Å². The van der Waals surface area contributed by atoms with Crippen molar-refractivity contribution >= 4 is 22.9 Å². The van der Waals surface area contributed by atoms with Crippen LogP contribution in [-0.4, -0.2) is 6.54 Å². The van der Waals surface area contributed by atoms with Crippen molar-refractivity contribution in [2.45, 2.75) is 33.2 Å². The van der Waals surface area contributed by atoms with E-state index in [1.54, 1.807) is 0 Å². The minimum absolute atomic E-state index is 0.349. The lowest BCUT2D eigenvalue weighted by atomic mass is 10.0. The van der Waals surface area contributed by atoms with Gasteiger partial charge in [-0.3, -0.25) is 0 Å². The highest BCUT2D eigenvalue weighted by atomic mass is 35.5. The fraction of sp³-hybridized carbons (Fsp3) is 0.375. The number of aryl methyl sites for hydroxylation is 2. The predicted octanol–water partition coefficient (Wildman–Crippen LogP) is 4.91. The first-order chi connectivity index (χ1) is 9.11. The summed E-state index contributed by atoms with van der Waals surface area (Å²) >= 11 is 8.15. The number of thiophene rings is 1. The fourth-order valence-corrected chi connectivity index (χ4v) is 3.51. The van der Waals surface area contributed by atoms with Gasteiger partial charge in [0, 0.05) is 20.8 Å². The van der Waals surface area contributed by atoms with Crippen molar-refractivity contribution in [2.75, 3.05) is 6.54 Å². The molecule has 3 heteroatoms. The molecular formula is C16H20ClNS. The average Bonchev–Trinajstić information content (AvgIpc) is 2.72. The Morgan fingerprint density at radius 3 is 2.58 bits per heavy atom. The van der Waals surface area contributed by atoms with E-state index in [2.05, 4.69) is 44.3 Å². The monoisotopic (exact) mass is 293 g/mol. The molecule has 1 unspecified atom stereocenters. The van der Waals surface area contributed by atoms with Crippen LogP contribution in [0.1, 0.15) is 33.8 Å². The first-order valence-corrected chi connectivity index (χ1v) is 7.85. The molecule has 1 atom stereocenters.